The van der Waals surface area contributed by atoms with Crippen LogP contribution in [0, 0.1) is 32.1 Å². The van der Waals surface area contributed by atoms with Crippen LogP contribution >= 0.6 is 0 Å². The molecule has 0 saturated carbocycles. The van der Waals surface area contributed by atoms with E-state index in [1.807, 2.05) is 38.1 Å². The van der Waals surface area contributed by atoms with Gasteiger partial charge < -0.3 is 14.6 Å². The fourth-order valence-corrected chi connectivity index (χ4v) is 3.27. The standard InChI is InChI=1S/C24H23N3O2/c1-16-6-5-7-22(12-16)27-17(2)13-19(18(27)3)14-20(15-25)24(28)26-21-8-10-23(29-4)11-9-21/h5-14H,1-4H3,(H,26,28)/b20-14-. The Hall–Kier alpha value is -3.78. The minimum atomic E-state index is -0.446. The van der Waals surface area contributed by atoms with Crippen LogP contribution < -0.4 is 10.1 Å². The van der Waals surface area contributed by atoms with Crippen LogP contribution in [0.2, 0.25) is 0 Å². The molecule has 0 aliphatic rings. The zero-order valence-corrected chi connectivity index (χ0v) is 17.0. The third kappa shape index (κ3) is 4.39. The molecule has 3 aromatic rings. The fraction of sp³-hybridized carbons (Fsp3) is 0.167. The third-order valence-corrected chi connectivity index (χ3v) is 4.74. The maximum Gasteiger partial charge on any atom is 0.266 e. The molecule has 146 valence electrons. The van der Waals surface area contributed by atoms with Gasteiger partial charge in [-0.1, -0.05) is 12.1 Å². The first-order chi connectivity index (χ1) is 13.9. The largest absolute Gasteiger partial charge is 0.497 e. The average Bonchev–Trinajstić information content (AvgIpc) is 2.99. The molecular weight excluding hydrogens is 362 g/mol. The van der Waals surface area contributed by atoms with Gasteiger partial charge in [0.25, 0.3) is 5.91 Å². The Balaban J connectivity index is 1.90. The summed E-state index contributed by atoms with van der Waals surface area (Å²) in [5.41, 5.74) is 5.72. The van der Waals surface area contributed by atoms with E-state index in [0.717, 1.165) is 22.6 Å². The van der Waals surface area contributed by atoms with Crippen molar-refractivity contribution in [3.8, 4) is 17.5 Å². The molecule has 0 atom stereocenters. The number of nitrogens with one attached hydrogen (secondary N) is 1. The lowest BCUT2D eigenvalue weighted by Gasteiger charge is -2.10. The summed E-state index contributed by atoms with van der Waals surface area (Å²) in [5.74, 6) is 0.251. The minimum Gasteiger partial charge on any atom is -0.497 e. The predicted molar refractivity (Wildman–Crippen MR) is 115 cm³/mol. The normalized spacial score (nSPS) is 11.1. The molecule has 1 heterocycles. The topological polar surface area (TPSA) is 67.0 Å². The number of aromatic nitrogens is 1. The number of nitriles is 1. The van der Waals surface area contributed by atoms with E-state index in [2.05, 4.69) is 28.9 Å². The van der Waals surface area contributed by atoms with Crippen molar-refractivity contribution in [3.63, 3.8) is 0 Å². The number of anilines is 1. The molecule has 0 aliphatic carbocycles. The summed E-state index contributed by atoms with van der Waals surface area (Å²) in [6.07, 6.45) is 1.63. The molecule has 5 heteroatoms. The Kier molecular flexibility index (Phi) is 5.85. The average molecular weight is 385 g/mol. The summed E-state index contributed by atoms with van der Waals surface area (Å²) in [5, 5.41) is 12.3. The van der Waals surface area contributed by atoms with Crippen LogP contribution in [-0.4, -0.2) is 17.6 Å². The molecule has 0 aliphatic heterocycles. The van der Waals surface area contributed by atoms with Crippen molar-refractivity contribution >= 4 is 17.7 Å². The van der Waals surface area contributed by atoms with Gasteiger partial charge >= 0.3 is 0 Å². The molecule has 29 heavy (non-hydrogen) atoms. The van der Waals surface area contributed by atoms with Gasteiger partial charge in [-0.05, 0) is 80.4 Å². The number of amides is 1. The lowest BCUT2D eigenvalue weighted by Crippen LogP contribution is -2.13. The Labute approximate surface area is 170 Å². The number of hydrogen-bond donors (Lipinski definition) is 1. The molecule has 0 fully saturated rings. The van der Waals surface area contributed by atoms with Crippen LogP contribution in [0.5, 0.6) is 5.75 Å². The van der Waals surface area contributed by atoms with E-state index in [0.29, 0.717) is 11.4 Å². The number of aryl methyl sites for hydroxylation is 2. The van der Waals surface area contributed by atoms with E-state index in [1.54, 1.807) is 37.5 Å². The Morgan fingerprint density at radius 2 is 1.83 bits per heavy atom. The molecule has 0 spiro atoms. The highest BCUT2D eigenvalue weighted by molar-refractivity contribution is 6.09. The quantitative estimate of drug-likeness (QED) is 0.499. The zero-order chi connectivity index (χ0) is 21.0. The molecular formula is C24H23N3O2. The predicted octanol–water partition coefficient (Wildman–Crippen LogP) is 4.96. The molecule has 3 rings (SSSR count). The number of benzene rings is 2. The lowest BCUT2D eigenvalue weighted by atomic mass is 10.1. The molecule has 2 aromatic carbocycles. The second-order valence-corrected chi connectivity index (χ2v) is 6.85. The van der Waals surface area contributed by atoms with Crippen LogP contribution in [0.25, 0.3) is 11.8 Å². The van der Waals surface area contributed by atoms with E-state index >= 15 is 0 Å². The van der Waals surface area contributed by atoms with Crippen molar-refractivity contribution in [2.75, 3.05) is 12.4 Å². The molecule has 1 amide bonds. The van der Waals surface area contributed by atoms with Gasteiger partial charge in [0, 0.05) is 22.8 Å². The number of carbonyl (C=O) groups is 1. The zero-order valence-electron chi connectivity index (χ0n) is 17.0. The smallest absolute Gasteiger partial charge is 0.266 e. The molecule has 5 nitrogen and oxygen atoms in total. The summed E-state index contributed by atoms with van der Waals surface area (Å²) < 4.78 is 7.23. The van der Waals surface area contributed by atoms with Gasteiger partial charge in [-0.3, -0.25) is 4.79 Å². The summed E-state index contributed by atoms with van der Waals surface area (Å²) in [7, 11) is 1.58. The van der Waals surface area contributed by atoms with Crippen molar-refractivity contribution in [2.24, 2.45) is 0 Å². The van der Waals surface area contributed by atoms with Gasteiger partial charge in [-0.25, -0.2) is 0 Å². The molecule has 0 saturated heterocycles. The monoisotopic (exact) mass is 385 g/mol. The van der Waals surface area contributed by atoms with Crippen LogP contribution in [-0.2, 0) is 4.79 Å². The Morgan fingerprint density at radius 3 is 2.45 bits per heavy atom. The summed E-state index contributed by atoms with van der Waals surface area (Å²) in [6.45, 7) is 6.05. The van der Waals surface area contributed by atoms with E-state index < -0.39 is 5.91 Å². The van der Waals surface area contributed by atoms with Crippen molar-refractivity contribution in [1.29, 1.82) is 5.26 Å². The number of rotatable bonds is 5. The van der Waals surface area contributed by atoms with Crippen LogP contribution in [0.1, 0.15) is 22.5 Å². The summed E-state index contributed by atoms with van der Waals surface area (Å²) in [6, 6.07) is 19.2. The molecule has 0 bridgehead atoms. The minimum absolute atomic E-state index is 0.0466. The van der Waals surface area contributed by atoms with E-state index in [4.69, 9.17) is 4.74 Å². The van der Waals surface area contributed by atoms with Crippen LogP contribution in [0.3, 0.4) is 0 Å². The lowest BCUT2D eigenvalue weighted by molar-refractivity contribution is -0.112. The molecule has 0 radical (unpaired) electrons. The maximum absolute atomic E-state index is 12.6. The number of nitrogens with zero attached hydrogens (tertiary/aromatic N) is 2. The van der Waals surface area contributed by atoms with Gasteiger partial charge in [0.1, 0.15) is 17.4 Å². The Morgan fingerprint density at radius 1 is 1.10 bits per heavy atom. The van der Waals surface area contributed by atoms with Gasteiger partial charge in [0.05, 0.1) is 7.11 Å². The molecule has 1 aromatic heterocycles. The van der Waals surface area contributed by atoms with E-state index in [1.165, 1.54) is 5.56 Å². The van der Waals surface area contributed by atoms with Gasteiger partial charge in [0.2, 0.25) is 0 Å². The van der Waals surface area contributed by atoms with Crippen molar-refractivity contribution in [3.05, 3.63) is 82.7 Å². The van der Waals surface area contributed by atoms with Gasteiger partial charge in [-0.15, -0.1) is 0 Å². The highest BCUT2D eigenvalue weighted by Gasteiger charge is 2.14. The summed E-state index contributed by atoms with van der Waals surface area (Å²) in [4.78, 5) is 12.6. The first kappa shape index (κ1) is 20.0. The van der Waals surface area contributed by atoms with E-state index in [-0.39, 0.29) is 5.57 Å². The maximum atomic E-state index is 12.6. The fourth-order valence-electron chi connectivity index (χ4n) is 3.27. The summed E-state index contributed by atoms with van der Waals surface area (Å²) >= 11 is 0. The van der Waals surface area contributed by atoms with Crippen LogP contribution in [0.15, 0.2) is 60.2 Å². The molecule has 0 unspecified atom stereocenters. The van der Waals surface area contributed by atoms with Crippen molar-refractivity contribution in [1.82, 2.24) is 4.57 Å². The highest BCUT2D eigenvalue weighted by atomic mass is 16.5. The Bertz CT molecular complexity index is 1120. The van der Waals surface area contributed by atoms with Gasteiger partial charge in [-0.2, -0.15) is 5.26 Å². The highest BCUT2D eigenvalue weighted by Crippen LogP contribution is 2.24. The van der Waals surface area contributed by atoms with Crippen molar-refractivity contribution in [2.45, 2.75) is 20.8 Å². The number of ether oxygens (including phenoxy) is 1. The second kappa shape index (κ2) is 8.49. The van der Waals surface area contributed by atoms with Crippen LogP contribution in [0.4, 0.5) is 5.69 Å². The van der Waals surface area contributed by atoms with Crippen molar-refractivity contribution < 1.29 is 9.53 Å². The number of carbonyl (C=O) groups excluding carboxylic acids is 1. The first-order valence-electron chi connectivity index (χ1n) is 9.26. The van der Waals surface area contributed by atoms with E-state index in [9.17, 15) is 10.1 Å². The van der Waals surface area contributed by atoms with Gasteiger partial charge in [0.15, 0.2) is 0 Å². The SMILES string of the molecule is COc1ccc(NC(=O)/C(C#N)=C\c2cc(C)n(-c3cccc(C)c3)c2C)cc1. The molecule has 1 N–H and O–H groups in total. The number of methoxy groups -OCH3 is 1. The third-order valence-electron chi connectivity index (χ3n) is 4.74. The number of hydrogen-bond acceptors (Lipinski definition) is 3. The second-order valence-electron chi connectivity index (χ2n) is 6.85. The first-order valence-corrected chi connectivity index (χ1v) is 9.26.